The van der Waals surface area contributed by atoms with Crippen LogP contribution in [0.25, 0.3) is 0 Å². The van der Waals surface area contributed by atoms with Crippen molar-refractivity contribution in [3.8, 4) is 0 Å². The van der Waals surface area contributed by atoms with Gasteiger partial charge in [0.15, 0.2) is 0 Å². The van der Waals surface area contributed by atoms with Crippen LogP contribution < -0.4 is 5.32 Å². The van der Waals surface area contributed by atoms with Gasteiger partial charge in [0, 0.05) is 15.3 Å². The lowest BCUT2D eigenvalue weighted by Crippen LogP contribution is -2.23. The zero-order valence-corrected chi connectivity index (χ0v) is 11.2. The first-order valence-corrected chi connectivity index (χ1v) is 6.23. The smallest absolute Gasteiger partial charge is 0.0352 e. The lowest BCUT2D eigenvalue weighted by atomic mass is 10.0. The van der Waals surface area contributed by atoms with Crippen LogP contribution in [0.1, 0.15) is 27.2 Å². The van der Waals surface area contributed by atoms with Crippen LogP contribution in [0.3, 0.4) is 0 Å². The summed E-state index contributed by atoms with van der Waals surface area (Å²) in [6.45, 7) is 6.76. The number of hydrogen-bond acceptors (Lipinski definition) is 1. The minimum Gasteiger partial charge on any atom is -0.382 e. The Hall–Kier alpha value is -0.250. The summed E-state index contributed by atoms with van der Waals surface area (Å²) in [5.41, 5.74) is 1.23. The zero-order chi connectivity index (χ0) is 10.6. The quantitative estimate of drug-likeness (QED) is 0.824. The molecule has 0 saturated heterocycles. The highest BCUT2D eigenvalue weighted by Gasteiger charge is 2.09. The first-order valence-electron chi connectivity index (χ1n) is 5.15. The van der Waals surface area contributed by atoms with Gasteiger partial charge in [0.05, 0.1) is 0 Å². The maximum absolute atomic E-state index is 3.53. The fourth-order valence-corrected chi connectivity index (χ4v) is 1.88. The van der Waals surface area contributed by atoms with Gasteiger partial charge in [-0.3, -0.25) is 0 Å². The van der Waals surface area contributed by atoms with E-state index in [9.17, 15) is 0 Å². The lowest BCUT2D eigenvalue weighted by molar-refractivity contribution is 0.494. The number of halogens is 1. The molecule has 1 rings (SSSR count). The van der Waals surface area contributed by atoms with Crippen molar-refractivity contribution in [3.63, 3.8) is 0 Å². The zero-order valence-electron chi connectivity index (χ0n) is 9.05. The third-order valence-corrected chi connectivity index (χ3v) is 3.39. The predicted octanol–water partition coefficient (Wildman–Crippen LogP) is 4.14. The molecular formula is C12H18IN. The SMILES string of the molecule is CCC(C)C(C)Nc1cccc(I)c1. The highest BCUT2D eigenvalue weighted by atomic mass is 127. The van der Waals surface area contributed by atoms with Crippen molar-refractivity contribution in [1.82, 2.24) is 0 Å². The minimum absolute atomic E-state index is 0.540. The molecule has 0 bridgehead atoms. The molecule has 1 nitrogen and oxygen atoms in total. The molecule has 1 aromatic rings. The fraction of sp³-hybridized carbons (Fsp3) is 0.500. The Kier molecular flexibility index (Phi) is 4.72. The largest absolute Gasteiger partial charge is 0.382 e. The van der Waals surface area contributed by atoms with E-state index >= 15 is 0 Å². The number of benzene rings is 1. The summed E-state index contributed by atoms with van der Waals surface area (Å²) in [4.78, 5) is 0. The first kappa shape index (κ1) is 11.8. The number of nitrogens with one attached hydrogen (secondary N) is 1. The Balaban J connectivity index is 2.60. The second kappa shape index (κ2) is 5.59. The van der Waals surface area contributed by atoms with Crippen LogP contribution in [-0.2, 0) is 0 Å². The Morgan fingerprint density at radius 2 is 2.07 bits per heavy atom. The van der Waals surface area contributed by atoms with Crippen LogP contribution >= 0.6 is 22.6 Å². The molecule has 2 atom stereocenters. The van der Waals surface area contributed by atoms with Gasteiger partial charge in [-0.05, 0) is 53.6 Å². The molecule has 0 amide bonds. The molecule has 0 fully saturated rings. The van der Waals surface area contributed by atoms with Gasteiger partial charge in [-0.15, -0.1) is 0 Å². The van der Waals surface area contributed by atoms with E-state index in [4.69, 9.17) is 0 Å². The molecule has 0 radical (unpaired) electrons. The summed E-state index contributed by atoms with van der Waals surface area (Å²) < 4.78 is 1.28. The summed E-state index contributed by atoms with van der Waals surface area (Å²) in [6.07, 6.45) is 1.22. The highest BCUT2D eigenvalue weighted by Crippen LogP contribution is 2.17. The molecule has 0 saturated carbocycles. The topological polar surface area (TPSA) is 12.0 Å². The van der Waals surface area contributed by atoms with E-state index < -0.39 is 0 Å². The minimum atomic E-state index is 0.540. The van der Waals surface area contributed by atoms with Crippen LogP contribution in [0.4, 0.5) is 5.69 Å². The molecule has 0 heterocycles. The van der Waals surface area contributed by atoms with Crippen LogP contribution in [0.15, 0.2) is 24.3 Å². The standard InChI is InChI=1S/C12H18IN/c1-4-9(2)10(3)14-12-7-5-6-11(13)8-12/h5-10,14H,4H2,1-3H3. The molecule has 0 aromatic heterocycles. The number of anilines is 1. The molecule has 14 heavy (non-hydrogen) atoms. The molecule has 0 aliphatic carbocycles. The lowest BCUT2D eigenvalue weighted by Gasteiger charge is -2.21. The molecule has 0 spiro atoms. The molecule has 1 N–H and O–H groups in total. The van der Waals surface area contributed by atoms with Gasteiger partial charge < -0.3 is 5.32 Å². The van der Waals surface area contributed by atoms with Crippen LogP contribution in [-0.4, -0.2) is 6.04 Å². The molecular weight excluding hydrogens is 285 g/mol. The number of hydrogen-bond donors (Lipinski definition) is 1. The van der Waals surface area contributed by atoms with Gasteiger partial charge in [-0.25, -0.2) is 0 Å². The van der Waals surface area contributed by atoms with E-state index in [2.05, 4.69) is 72.9 Å². The Bertz CT molecular complexity index is 285. The maximum Gasteiger partial charge on any atom is 0.0352 e. The number of rotatable bonds is 4. The average molecular weight is 303 g/mol. The van der Waals surface area contributed by atoms with Crippen LogP contribution in [0, 0.1) is 9.49 Å². The Morgan fingerprint density at radius 3 is 2.64 bits per heavy atom. The van der Waals surface area contributed by atoms with E-state index in [0.717, 1.165) is 0 Å². The van der Waals surface area contributed by atoms with E-state index in [1.807, 2.05) is 0 Å². The molecule has 2 heteroatoms. The molecule has 0 aliphatic rings. The third kappa shape index (κ3) is 3.48. The Morgan fingerprint density at radius 1 is 1.36 bits per heavy atom. The molecule has 78 valence electrons. The van der Waals surface area contributed by atoms with Crippen molar-refractivity contribution in [2.75, 3.05) is 5.32 Å². The summed E-state index contributed by atoms with van der Waals surface area (Å²) >= 11 is 2.34. The van der Waals surface area contributed by atoms with Gasteiger partial charge in [0.1, 0.15) is 0 Å². The van der Waals surface area contributed by atoms with E-state index in [0.29, 0.717) is 12.0 Å². The predicted molar refractivity (Wildman–Crippen MR) is 71.7 cm³/mol. The molecule has 2 unspecified atom stereocenters. The van der Waals surface area contributed by atoms with Gasteiger partial charge in [0.25, 0.3) is 0 Å². The second-order valence-corrected chi connectivity index (χ2v) is 5.07. The van der Waals surface area contributed by atoms with Gasteiger partial charge in [-0.2, -0.15) is 0 Å². The second-order valence-electron chi connectivity index (χ2n) is 3.83. The summed E-state index contributed by atoms with van der Waals surface area (Å²) in [5.74, 6) is 0.716. The summed E-state index contributed by atoms with van der Waals surface area (Å²) in [7, 11) is 0. The third-order valence-electron chi connectivity index (χ3n) is 2.72. The van der Waals surface area contributed by atoms with Crippen molar-refractivity contribution in [1.29, 1.82) is 0 Å². The van der Waals surface area contributed by atoms with Crippen molar-refractivity contribution < 1.29 is 0 Å². The van der Waals surface area contributed by atoms with Crippen molar-refractivity contribution >= 4 is 28.3 Å². The summed E-state index contributed by atoms with van der Waals surface area (Å²) in [5, 5.41) is 3.53. The maximum atomic E-state index is 3.53. The molecule has 1 aromatic carbocycles. The first-order chi connectivity index (χ1) is 6.63. The van der Waals surface area contributed by atoms with Gasteiger partial charge in [-0.1, -0.05) is 26.3 Å². The van der Waals surface area contributed by atoms with Crippen molar-refractivity contribution in [3.05, 3.63) is 27.8 Å². The van der Waals surface area contributed by atoms with Crippen LogP contribution in [0.2, 0.25) is 0 Å². The van der Waals surface area contributed by atoms with Crippen molar-refractivity contribution in [2.24, 2.45) is 5.92 Å². The highest BCUT2D eigenvalue weighted by molar-refractivity contribution is 14.1. The fourth-order valence-electron chi connectivity index (χ4n) is 1.34. The summed E-state index contributed by atoms with van der Waals surface area (Å²) in [6, 6.07) is 9.05. The van der Waals surface area contributed by atoms with Crippen molar-refractivity contribution in [2.45, 2.75) is 33.2 Å². The average Bonchev–Trinajstić information content (AvgIpc) is 2.16. The van der Waals surface area contributed by atoms with Gasteiger partial charge in [0.2, 0.25) is 0 Å². The van der Waals surface area contributed by atoms with E-state index in [1.54, 1.807) is 0 Å². The Labute approximate surface area is 100 Å². The molecule has 0 aliphatic heterocycles. The van der Waals surface area contributed by atoms with Crippen LogP contribution in [0.5, 0.6) is 0 Å². The van der Waals surface area contributed by atoms with Gasteiger partial charge >= 0.3 is 0 Å². The van der Waals surface area contributed by atoms with E-state index in [-0.39, 0.29) is 0 Å². The van der Waals surface area contributed by atoms with E-state index in [1.165, 1.54) is 15.7 Å². The normalized spacial score (nSPS) is 14.9. The monoisotopic (exact) mass is 303 g/mol.